The van der Waals surface area contributed by atoms with E-state index in [4.69, 9.17) is 16.3 Å². The zero-order chi connectivity index (χ0) is 20.5. The molecule has 4 saturated carbocycles. The molecular formula is C24H29ClN2O3. The fourth-order valence-electron chi connectivity index (χ4n) is 7.32. The number of carbonyl (C=O) groups excluding carboxylic acids is 1. The fourth-order valence-corrected chi connectivity index (χ4v) is 7.59. The quantitative estimate of drug-likeness (QED) is 0.731. The number of amides is 1. The maximum Gasteiger partial charge on any atom is 0.224 e. The van der Waals surface area contributed by atoms with Crippen molar-refractivity contribution in [3.05, 3.63) is 29.4 Å². The summed E-state index contributed by atoms with van der Waals surface area (Å²) in [6, 6.07) is 5.74. The van der Waals surface area contributed by atoms with Crippen LogP contribution in [0.5, 0.6) is 0 Å². The molecular weight excluding hydrogens is 400 g/mol. The third-order valence-electron chi connectivity index (χ3n) is 8.04. The van der Waals surface area contributed by atoms with Gasteiger partial charge >= 0.3 is 0 Å². The lowest BCUT2D eigenvalue weighted by Crippen LogP contribution is -2.52. The molecule has 160 valence electrons. The molecule has 5 nitrogen and oxygen atoms in total. The number of nitrogens with zero attached hydrogens (tertiary/aromatic N) is 1. The van der Waals surface area contributed by atoms with Crippen molar-refractivity contribution in [3.63, 3.8) is 0 Å². The zero-order valence-electron chi connectivity index (χ0n) is 17.2. The van der Waals surface area contributed by atoms with Gasteiger partial charge in [0, 0.05) is 18.0 Å². The summed E-state index contributed by atoms with van der Waals surface area (Å²) in [5.41, 5.74) is 1.02. The zero-order valence-corrected chi connectivity index (χ0v) is 18.0. The lowest BCUT2D eigenvalue weighted by molar-refractivity contribution is -0.184. The summed E-state index contributed by atoms with van der Waals surface area (Å²) < 4.78 is 7.18. The van der Waals surface area contributed by atoms with Gasteiger partial charge in [-0.25, -0.2) is 0 Å². The second kappa shape index (κ2) is 6.72. The molecule has 1 aromatic carbocycles. The fraction of sp³-hybridized carbons (Fsp3) is 0.625. The van der Waals surface area contributed by atoms with Crippen LogP contribution in [0.15, 0.2) is 24.4 Å². The van der Waals surface area contributed by atoms with Crippen LogP contribution in [-0.4, -0.2) is 34.4 Å². The first-order valence-electron chi connectivity index (χ1n) is 11.3. The number of hydrogen-bond donors (Lipinski definition) is 2. The number of carbonyl (C=O) groups is 1. The van der Waals surface area contributed by atoms with Gasteiger partial charge in [0.2, 0.25) is 5.91 Å². The Balaban J connectivity index is 1.25. The van der Waals surface area contributed by atoms with E-state index in [0.29, 0.717) is 31.2 Å². The largest absolute Gasteiger partial charge is 0.383 e. The standard InChI is InChI=1S/C24H29ClN2O3/c25-18-2-1-3-20-22(18)19(11-27(20)12-24(29)13-30-14-24)26-21(28)10-23-7-15-4-16(8-23)6-17(5-15)9-23/h1-3,11,15-17,29H,4-10,12-14H2,(H,26,28). The lowest BCUT2D eigenvalue weighted by atomic mass is 9.49. The van der Waals surface area contributed by atoms with Gasteiger partial charge in [0.15, 0.2) is 0 Å². The molecule has 1 aliphatic heterocycles. The van der Waals surface area contributed by atoms with Crippen molar-refractivity contribution in [1.29, 1.82) is 0 Å². The number of aliphatic hydroxyl groups is 1. The number of anilines is 1. The highest BCUT2D eigenvalue weighted by Crippen LogP contribution is 2.61. The summed E-state index contributed by atoms with van der Waals surface area (Å²) in [5.74, 6) is 2.61. The van der Waals surface area contributed by atoms with E-state index in [-0.39, 0.29) is 11.3 Å². The van der Waals surface area contributed by atoms with Gasteiger partial charge in [0.25, 0.3) is 0 Å². The SMILES string of the molecule is O=C(CC12CC3CC(CC(C3)C1)C2)Nc1cn(CC2(O)COC2)c2cccc(Cl)c12. The van der Waals surface area contributed by atoms with E-state index in [1.807, 2.05) is 29.0 Å². The Morgan fingerprint density at radius 1 is 1.17 bits per heavy atom. The molecule has 2 heterocycles. The number of rotatable bonds is 5. The summed E-state index contributed by atoms with van der Waals surface area (Å²) in [6.45, 7) is 1.09. The molecule has 0 radical (unpaired) electrons. The Morgan fingerprint density at radius 3 is 2.43 bits per heavy atom. The van der Waals surface area contributed by atoms with Crippen molar-refractivity contribution >= 4 is 34.1 Å². The van der Waals surface area contributed by atoms with Crippen LogP contribution in [0.4, 0.5) is 5.69 Å². The van der Waals surface area contributed by atoms with Crippen LogP contribution in [0, 0.1) is 23.2 Å². The van der Waals surface area contributed by atoms with Crippen LogP contribution in [0.3, 0.4) is 0 Å². The van der Waals surface area contributed by atoms with Gasteiger partial charge in [-0.2, -0.15) is 0 Å². The van der Waals surface area contributed by atoms with E-state index < -0.39 is 5.60 Å². The summed E-state index contributed by atoms with van der Waals surface area (Å²) in [5, 5.41) is 15.2. The van der Waals surface area contributed by atoms with Gasteiger partial charge < -0.3 is 19.7 Å². The Kier molecular flexibility index (Phi) is 4.29. The average Bonchev–Trinajstić information content (AvgIpc) is 2.97. The topological polar surface area (TPSA) is 63.5 Å². The summed E-state index contributed by atoms with van der Waals surface area (Å²) in [7, 11) is 0. The molecule has 30 heavy (non-hydrogen) atoms. The van der Waals surface area contributed by atoms with Crippen LogP contribution in [0.2, 0.25) is 5.02 Å². The second-order valence-corrected chi connectivity index (χ2v) is 11.1. The van der Waals surface area contributed by atoms with E-state index in [0.717, 1.165) is 34.3 Å². The maximum absolute atomic E-state index is 13.2. The van der Waals surface area contributed by atoms with Crippen molar-refractivity contribution in [2.45, 2.75) is 57.1 Å². The molecule has 1 amide bonds. The third kappa shape index (κ3) is 3.17. The summed E-state index contributed by atoms with van der Waals surface area (Å²) in [6.07, 6.45) is 10.4. The normalized spacial score (nSPS) is 33.6. The minimum absolute atomic E-state index is 0.0987. The molecule has 7 rings (SSSR count). The second-order valence-electron chi connectivity index (χ2n) is 10.7. The first kappa shape index (κ1) is 19.1. The molecule has 4 bridgehead atoms. The smallest absolute Gasteiger partial charge is 0.224 e. The Labute approximate surface area is 181 Å². The van der Waals surface area contributed by atoms with Gasteiger partial charge in [-0.3, -0.25) is 4.79 Å². The number of ether oxygens (including phenoxy) is 1. The molecule has 2 aromatic rings. The molecule has 2 N–H and O–H groups in total. The van der Waals surface area contributed by atoms with Gasteiger partial charge in [-0.15, -0.1) is 0 Å². The van der Waals surface area contributed by atoms with Crippen molar-refractivity contribution in [3.8, 4) is 0 Å². The van der Waals surface area contributed by atoms with Crippen molar-refractivity contribution in [1.82, 2.24) is 4.57 Å². The first-order chi connectivity index (χ1) is 14.4. The summed E-state index contributed by atoms with van der Waals surface area (Å²) in [4.78, 5) is 13.2. The lowest BCUT2D eigenvalue weighted by Gasteiger charge is -2.56. The highest BCUT2D eigenvalue weighted by Gasteiger charge is 2.51. The molecule has 1 aromatic heterocycles. The first-order valence-corrected chi connectivity index (χ1v) is 11.7. The van der Waals surface area contributed by atoms with Crippen LogP contribution in [0.1, 0.15) is 44.9 Å². The number of hydrogen-bond acceptors (Lipinski definition) is 3. The molecule has 1 saturated heterocycles. The molecule has 0 atom stereocenters. The van der Waals surface area contributed by atoms with E-state index in [2.05, 4.69) is 5.32 Å². The number of halogens is 1. The average molecular weight is 429 g/mol. The molecule has 0 spiro atoms. The Bertz CT molecular complexity index is 974. The van der Waals surface area contributed by atoms with Gasteiger partial charge in [0.1, 0.15) is 5.60 Å². The number of nitrogens with one attached hydrogen (secondary N) is 1. The third-order valence-corrected chi connectivity index (χ3v) is 8.35. The summed E-state index contributed by atoms with van der Waals surface area (Å²) >= 11 is 6.53. The van der Waals surface area contributed by atoms with Crippen LogP contribution >= 0.6 is 11.6 Å². The van der Waals surface area contributed by atoms with Crippen molar-refractivity contribution in [2.24, 2.45) is 23.2 Å². The van der Waals surface area contributed by atoms with Crippen molar-refractivity contribution < 1.29 is 14.6 Å². The van der Waals surface area contributed by atoms with E-state index in [1.165, 1.54) is 38.5 Å². The molecule has 5 aliphatic rings. The minimum atomic E-state index is -0.852. The van der Waals surface area contributed by atoms with E-state index in [9.17, 15) is 9.90 Å². The van der Waals surface area contributed by atoms with Crippen LogP contribution in [0.25, 0.3) is 10.9 Å². The highest BCUT2D eigenvalue weighted by molar-refractivity contribution is 6.36. The van der Waals surface area contributed by atoms with E-state index in [1.54, 1.807) is 0 Å². The molecule has 0 unspecified atom stereocenters. The molecule has 4 aliphatic carbocycles. The van der Waals surface area contributed by atoms with Gasteiger partial charge in [0.05, 0.1) is 36.0 Å². The predicted molar refractivity (Wildman–Crippen MR) is 117 cm³/mol. The predicted octanol–water partition coefficient (Wildman–Crippen LogP) is 4.60. The number of aromatic nitrogens is 1. The monoisotopic (exact) mass is 428 g/mol. The van der Waals surface area contributed by atoms with Gasteiger partial charge in [-0.05, 0) is 73.8 Å². The number of fused-ring (bicyclic) bond motifs is 1. The molecule has 6 heteroatoms. The number of benzene rings is 1. The Morgan fingerprint density at radius 2 is 1.83 bits per heavy atom. The van der Waals surface area contributed by atoms with Crippen LogP contribution < -0.4 is 5.32 Å². The maximum atomic E-state index is 13.2. The van der Waals surface area contributed by atoms with Crippen molar-refractivity contribution in [2.75, 3.05) is 18.5 Å². The van der Waals surface area contributed by atoms with Gasteiger partial charge in [-0.1, -0.05) is 17.7 Å². The van der Waals surface area contributed by atoms with Crippen LogP contribution in [-0.2, 0) is 16.1 Å². The minimum Gasteiger partial charge on any atom is -0.383 e. The van der Waals surface area contributed by atoms with E-state index >= 15 is 0 Å². The highest BCUT2D eigenvalue weighted by atomic mass is 35.5. The molecule has 5 fully saturated rings. The Hall–Kier alpha value is -1.56.